The number of hydrogen-bond acceptors (Lipinski definition) is 4. The topological polar surface area (TPSA) is 43.8 Å². The predicted molar refractivity (Wildman–Crippen MR) is 89.2 cm³/mol. The maximum Gasteiger partial charge on any atom is 0.226 e. The van der Waals surface area contributed by atoms with Crippen LogP contribution >= 0.6 is 11.3 Å². The van der Waals surface area contributed by atoms with E-state index < -0.39 is 0 Å². The van der Waals surface area contributed by atoms with E-state index >= 15 is 0 Å². The standard InChI is InChI=1S/C17H26N2O2S/c1-3-13(20)11-18-6-8-19(9-7-18)17(21)15-10-14(15)16-5-4-12(2)22-16/h4-5,13-15,20H,3,6-11H2,1-2H3/t13-,14-,15-/m0/s1. The highest BCUT2D eigenvalue weighted by atomic mass is 32.1. The fraction of sp³-hybridized carbons (Fsp3) is 0.706. The van der Waals surface area contributed by atoms with Gasteiger partial charge in [0.25, 0.3) is 0 Å². The van der Waals surface area contributed by atoms with E-state index in [9.17, 15) is 9.90 Å². The summed E-state index contributed by atoms with van der Waals surface area (Å²) in [5.74, 6) is 1.02. The Morgan fingerprint density at radius 2 is 2.09 bits per heavy atom. The molecule has 1 aromatic rings. The number of amides is 1. The molecule has 0 unspecified atom stereocenters. The number of hydrogen-bond donors (Lipinski definition) is 1. The van der Waals surface area contributed by atoms with Crippen LogP contribution in [0.1, 0.15) is 35.4 Å². The van der Waals surface area contributed by atoms with E-state index in [2.05, 4.69) is 24.0 Å². The third kappa shape index (κ3) is 3.53. The number of thiophene rings is 1. The van der Waals surface area contributed by atoms with Crippen molar-refractivity contribution in [3.63, 3.8) is 0 Å². The molecule has 1 aliphatic carbocycles. The Morgan fingerprint density at radius 3 is 2.68 bits per heavy atom. The van der Waals surface area contributed by atoms with Crippen molar-refractivity contribution >= 4 is 17.2 Å². The van der Waals surface area contributed by atoms with Crippen molar-refractivity contribution in [2.75, 3.05) is 32.7 Å². The molecule has 0 aromatic carbocycles. The molecule has 2 fully saturated rings. The van der Waals surface area contributed by atoms with Crippen LogP contribution in [0, 0.1) is 12.8 Å². The molecule has 5 heteroatoms. The summed E-state index contributed by atoms with van der Waals surface area (Å²) in [5, 5.41) is 9.73. The Morgan fingerprint density at radius 1 is 1.36 bits per heavy atom. The van der Waals surface area contributed by atoms with Crippen LogP contribution in [0.25, 0.3) is 0 Å². The van der Waals surface area contributed by atoms with Gasteiger partial charge in [-0.3, -0.25) is 9.69 Å². The third-order valence-corrected chi connectivity index (χ3v) is 5.99. The first-order chi connectivity index (χ1) is 10.6. The molecule has 2 heterocycles. The van der Waals surface area contributed by atoms with Crippen molar-refractivity contribution in [3.05, 3.63) is 21.9 Å². The fourth-order valence-electron chi connectivity index (χ4n) is 3.25. The van der Waals surface area contributed by atoms with E-state index in [0.29, 0.717) is 11.8 Å². The molecule has 0 bridgehead atoms. The van der Waals surface area contributed by atoms with Crippen LogP contribution in [-0.2, 0) is 4.79 Å². The zero-order valence-electron chi connectivity index (χ0n) is 13.5. The summed E-state index contributed by atoms with van der Waals surface area (Å²) in [7, 11) is 0. The molecule has 3 rings (SSSR count). The molecule has 1 aromatic heterocycles. The molecule has 4 nitrogen and oxygen atoms in total. The molecule has 1 amide bonds. The Bertz CT molecular complexity index is 522. The maximum absolute atomic E-state index is 12.6. The average molecular weight is 322 g/mol. The number of carbonyl (C=O) groups excluding carboxylic acids is 1. The van der Waals surface area contributed by atoms with Gasteiger partial charge < -0.3 is 10.0 Å². The summed E-state index contributed by atoms with van der Waals surface area (Å²) >= 11 is 1.83. The van der Waals surface area contributed by atoms with Gasteiger partial charge >= 0.3 is 0 Å². The van der Waals surface area contributed by atoms with Crippen LogP contribution in [0.5, 0.6) is 0 Å². The maximum atomic E-state index is 12.6. The average Bonchev–Trinajstić information content (AvgIpc) is 3.21. The van der Waals surface area contributed by atoms with Gasteiger partial charge in [-0.2, -0.15) is 0 Å². The number of carbonyl (C=O) groups is 1. The van der Waals surface area contributed by atoms with Crippen molar-refractivity contribution in [3.8, 4) is 0 Å². The van der Waals surface area contributed by atoms with Gasteiger partial charge in [0.15, 0.2) is 0 Å². The van der Waals surface area contributed by atoms with E-state index in [1.54, 1.807) is 0 Å². The molecular weight excluding hydrogens is 296 g/mol. The van der Waals surface area contributed by atoms with Gasteiger partial charge in [-0.1, -0.05) is 6.92 Å². The van der Waals surface area contributed by atoms with E-state index in [1.165, 1.54) is 9.75 Å². The molecular formula is C17H26N2O2S. The Labute approximate surface area is 136 Å². The molecule has 0 radical (unpaired) electrons. The van der Waals surface area contributed by atoms with Crippen molar-refractivity contribution in [1.82, 2.24) is 9.80 Å². The lowest BCUT2D eigenvalue weighted by Gasteiger charge is -2.35. The van der Waals surface area contributed by atoms with Crippen LogP contribution in [-0.4, -0.2) is 59.6 Å². The number of β-amino-alcohol motifs (C(OH)–C–C–N with tert-alkyl or cyclic N) is 1. The lowest BCUT2D eigenvalue weighted by Crippen LogP contribution is -2.50. The highest BCUT2D eigenvalue weighted by Crippen LogP contribution is 2.50. The van der Waals surface area contributed by atoms with Crippen LogP contribution < -0.4 is 0 Å². The minimum absolute atomic E-state index is 0.214. The first kappa shape index (κ1) is 16.0. The van der Waals surface area contributed by atoms with Gasteiger partial charge in [-0.15, -0.1) is 11.3 Å². The van der Waals surface area contributed by atoms with E-state index in [-0.39, 0.29) is 12.0 Å². The van der Waals surface area contributed by atoms with Gasteiger partial charge in [-0.05, 0) is 31.9 Å². The largest absolute Gasteiger partial charge is 0.392 e. The van der Waals surface area contributed by atoms with Crippen molar-refractivity contribution < 1.29 is 9.90 Å². The van der Waals surface area contributed by atoms with Gasteiger partial charge in [0.2, 0.25) is 5.91 Å². The van der Waals surface area contributed by atoms with Gasteiger partial charge in [0.1, 0.15) is 0 Å². The summed E-state index contributed by atoms with van der Waals surface area (Å²) in [5.41, 5.74) is 0. The Balaban J connectivity index is 1.47. The third-order valence-electron chi connectivity index (χ3n) is 4.86. The highest BCUT2D eigenvalue weighted by molar-refractivity contribution is 7.12. The van der Waals surface area contributed by atoms with Gasteiger partial charge in [0.05, 0.1) is 6.10 Å². The predicted octanol–water partition coefficient (Wildman–Crippen LogP) is 2.08. The van der Waals surface area contributed by atoms with Crippen LogP contribution in [0.15, 0.2) is 12.1 Å². The smallest absolute Gasteiger partial charge is 0.226 e. The quantitative estimate of drug-likeness (QED) is 0.902. The second-order valence-electron chi connectivity index (χ2n) is 6.59. The molecule has 2 aliphatic rings. The number of aliphatic hydroxyl groups excluding tert-OH is 1. The van der Waals surface area contributed by atoms with Crippen LogP contribution in [0.3, 0.4) is 0 Å². The molecule has 1 aliphatic heterocycles. The summed E-state index contributed by atoms with van der Waals surface area (Å²) in [6.45, 7) is 8.25. The molecule has 22 heavy (non-hydrogen) atoms. The minimum atomic E-state index is -0.239. The normalized spacial score (nSPS) is 27.0. The fourth-order valence-corrected chi connectivity index (χ4v) is 4.30. The Hall–Kier alpha value is -0.910. The minimum Gasteiger partial charge on any atom is -0.392 e. The summed E-state index contributed by atoms with van der Waals surface area (Å²) in [6, 6.07) is 4.33. The summed E-state index contributed by atoms with van der Waals surface area (Å²) in [4.78, 5) is 19.6. The van der Waals surface area contributed by atoms with Gasteiger partial charge in [0, 0.05) is 54.3 Å². The zero-order chi connectivity index (χ0) is 15.7. The van der Waals surface area contributed by atoms with Crippen LogP contribution in [0.2, 0.25) is 0 Å². The first-order valence-corrected chi connectivity index (χ1v) is 9.15. The molecule has 122 valence electrons. The van der Waals surface area contributed by atoms with Crippen LogP contribution in [0.4, 0.5) is 0 Å². The number of rotatable bonds is 5. The van der Waals surface area contributed by atoms with E-state index in [4.69, 9.17) is 0 Å². The van der Waals surface area contributed by atoms with Crippen molar-refractivity contribution in [2.24, 2.45) is 5.92 Å². The van der Waals surface area contributed by atoms with E-state index in [0.717, 1.165) is 45.6 Å². The number of piperazine rings is 1. The van der Waals surface area contributed by atoms with Crippen molar-refractivity contribution in [2.45, 2.75) is 38.7 Å². The molecule has 1 N–H and O–H groups in total. The number of nitrogens with zero attached hydrogens (tertiary/aromatic N) is 2. The molecule has 1 saturated heterocycles. The highest BCUT2D eigenvalue weighted by Gasteiger charge is 2.46. The molecule has 0 spiro atoms. The Kier molecular flexibility index (Phi) is 4.85. The van der Waals surface area contributed by atoms with Gasteiger partial charge in [-0.25, -0.2) is 0 Å². The summed E-state index contributed by atoms with van der Waals surface area (Å²) < 4.78 is 0. The lowest BCUT2D eigenvalue weighted by molar-refractivity contribution is -0.134. The molecule has 1 saturated carbocycles. The SMILES string of the molecule is CC[C@H](O)CN1CCN(C(=O)[C@H]2C[C@@H]2c2ccc(C)s2)CC1. The number of aliphatic hydroxyl groups is 1. The number of aryl methyl sites for hydroxylation is 1. The monoisotopic (exact) mass is 322 g/mol. The first-order valence-electron chi connectivity index (χ1n) is 8.34. The molecule has 3 atom stereocenters. The second-order valence-corrected chi connectivity index (χ2v) is 7.90. The van der Waals surface area contributed by atoms with Crippen molar-refractivity contribution in [1.29, 1.82) is 0 Å². The second kappa shape index (κ2) is 6.69. The lowest BCUT2D eigenvalue weighted by atomic mass is 10.2. The van der Waals surface area contributed by atoms with E-state index in [1.807, 2.05) is 23.2 Å². The zero-order valence-corrected chi connectivity index (χ0v) is 14.3. The summed E-state index contributed by atoms with van der Waals surface area (Å²) in [6.07, 6.45) is 1.58.